The Morgan fingerprint density at radius 1 is 1.12 bits per heavy atom. The second-order valence-electron chi connectivity index (χ2n) is 9.36. The molecule has 0 aromatic heterocycles. The zero-order chi connectivity index (χ0) is 17.3. The van der Waals surface area contributed by atoms with Crippen molar-refractivity contribution in [3.8, 4) is 0 Å². The summed E-state index contributed by atoms with van der Waals surface area (Å²) in [4.78, 5) is 14.2. The van der Waals surface area contributed by atoms with Crippen LogP contribution < -0.4 is 5.32 Å². The summed E-state index contributed by atoms with van der Waals surface area (Å²) in [5.74, 6) is 3.46. The molecule has 1 aliphatic heterocycles. The lowest BCUT2D eigenvalue weighted by Gasteiger charge is -2.37. The lowest BCUT2D eigenvalue weighted by Crippen LogP contribution is -2.48. The van der Waals surface area contributed by atoms with Crippen LogP contribution in [0.4, 0.5) is 4.79 Å². The fraction of sp³-hybridized carbons (Fsp3) is 0.950. The number of nitrogens with zero attached hydrogens (tertiary/aromatic N) is 1. The second kappa shape index (κ2) is 7.23. The molecule has 2 unspecified atom stereocenters. The van der Waals surface area contributed by atoms with Crippen molar-refractivity contribution in [3.63, 3.8) is 0 Å². The Morgan fingerprint density at radius 3 is 2.29 bits per heavy atom. The van der Waals surface area contributed by atoms with Crippen molar-refractivity contribution in [3.05, 3.63) is 0 Å². The van der Waals surface area contributed by atoms with Gasteiger partial charge < -0.3 is 15.0 Å². The molecule has 1 heterocycles. The molecule has 24 heavy (non-hydrogen) atoms. The highest BCUT2D eigenvalue weighted by Crippen LogP contribution is 2.48. The quantitative estimate of drug-likeness (QED) is 0.795. The molecule has 0 bridgehead atoms. The van der Waals surface area contributed by atoms with Gasteiger partial charge in [0.2, 0.25) is 0 Å². The molecule has 3 aliphatic rings. The van der Waals surface area contributed by atoms with Crippen LogP contribution in [0.1, 0.15) is 66.2 Å². The third-order valence-electron chi connectivity index (χ3n) is 5.95. The number of amides is 1. The molecule has 3 fully saturated rings. The predicted octanol–water partition coefficient (Wildman–Crippen LogP) is 4.05. The Balaban J connectivity index is 1.45. The molecule has 3 rings (SSSR count). The Kier molecular flexibility index (Phi) is 5.43. The van der Waals surface area contributed by atoms with Crippen molar-refractivity contribution in [2.75, 3.05) is 19.6 Å². The van der Waals surface area contributed by atoms with Gasteiger partial charge in [-0.15, -0.1) is 0 Å². The average molecular weight is 337 g/mol. The van der Waals surface area contributed by atoms with Crippen molar-refractivity contribution < 1.29 is 9.53 Å². The van der Waals surface area contributed by atoms with E-state index in [0.717, 1.165) is 37.3 Å². The largest absolute Gasteiger partial charge is 0.444 e. The number of nitrogens with one attached hydrogen (secondary N) is 1. The van der Waals surface area contributed by atoms with Gasteiger partial charge in [-0.05, 0) is 96.4 Å². The van der Waals surface area contributed by atoms with Crippen LogP contribution in [-0.2, 0) is 4.74 Å². The molecule has 0 aromatic carbocycles. The van der Waals surface area contributed by atoms with E-state index in [-0.39, 0.29) is 6.09 Å². The molecular formula is C20H36N2O2. The van der Waals surface area contributed by atoms with Gasteiger partial charge in [0.1, 0.15) is 5.60 Å². The van der Waals surface area contributed by atoms with Gasteiger partial charge in [-0.25, -0.2) is 4.79 Å². The Labute approximate surface area is 147 Å². The standard InChI is InChI=1S/C20H36N2O2/c1-14(21-12-18(15-7-8-15)16-9-10-16)17-6-5-11-22(13-17)19(23)24-20(2,3)4/h14-18,21H,5-13H2,1-4H3. The van der Waals surface area contributed by atoms with Crippen LogP contribution in [0, 0.1) is 23.7 Å². The van der Waals surface area contributed by atoms with E-state index in [2.05, 4.69) is 12.2 Å². The van der Waals surface area contributed by atoms with Crippen LogP contribution in [-0.4, -0.2) is 42.3 Å². The number of hydrogen-bond donors (Lipinski definition) is 1. The number of carbonyl (C=O) groups is 1. The molecular weight excluding hydrogens is 300 g/mol. The molecule has 1 saturated heterocycles. The molecule has 2 atom stereocenters. The minimum absolute atomic E-state index is 0.145. The summed E-state index contributed by atoms with van der Waals surface area (Å²) >= 11 is 0. The SMILES string of the molecule is CC(NCC(C1CC1)C1CC1)C1CCCN(C(=O)OC(C)(C)C)C1. The van der Waals surface area contributed by atoms with Crippen LogP contribution in [0.15, 0.2) is 0 Å². The van der Waals surface area contributed by atoms with E-state index in [1.807, 2.05) is 25.7 Å². The highest BCUT2D eigenvalue weighted by Gasteiger charge is 2.41. The maximum atomic E-state index is 12.3. The summed E-state index contributed by atoms with van der Waals surface area (Å²) in [7, 11) is 0. The fourth-order valence-corrected chi connectivity index (χ4v) is 4.17. The molecule has 1 N–H and O–H groups in total. The van der Waals surface area contributed by atoms with E-state index in [4.69, 9.17) is 4.74 Å². The minimum atomic E-state index is -0.407. The summed E-state index contributed by atoms with van der Waals surface area (Å²) in [6, 6.07) is 0.482. The average Bonchev–Trinajstić information content (AvgIpc) is 3.39. The topological polar surface area (TPSA) is 41.6 Å². The van der Waals surface area contributed by atoms with Crippen molar-refractivity contribution >= 4 is 6.09 Å². The number of rotatable bonds is 6. The van der Waals surface area contributed by atoms with Gasteiger partial charge >= 0.3 is 6.09 Å². The summed E-state index contributed by atoms with van der Waals surface area (Å²) in [6.45, 7) is 11.0. The summed E-state index contributed by atoms with van der Waals surface area (Å²) in [5.41, 5.74) is -0.407. The highest BCUT2D eigenvalue weighted by atomic mass is 16.6. The molecule has 138 valence electrons. The first kappa shape index (κ1) is 18.0. The fourth-order valence-electron chi connectivity index (χ4n) is 4.17. The van der Waals surface area contributed by atoms with Gasteiger partial charge in [-0.1, -0.05) is 0 Å². The Hall–Kier alpha value is -0.770. The van der Waals surface area contributed by atoms with Crippen molar-refractivity contribution in [1.82, 2.24) is 10.2 Å². The van der Waals surface area contributed by atoms with Gasteiger partial charge in [-0.3, -0.25) is 0 Å². The monoisotopic (exact) mass is 336 g/mol. The summed E-state index contributed by atoms with van der Waals surface area (Å²) < 4.78 is 5.55. The second-order valence-corrected chi connectivity index (χ2v) is 9.36. The molecule has 4 heteroatoms. The number of carbonyl (C=O) groups excluding carboxylic acids is 1. The Bertz CT molecular complexity index is 425. The third kappa shape index (κ3) is 5.11. The smallest absolute Gasteiger partial charge is 0.410 e. The van der Waals surface area contributed by atoms with Gasteiger partial charge in [-0.2, -0.15) is 0 Å². The van der Waals surface area contributed by atoms with Crippen LogP contribution in [0.3, 0.4) is 0 Å². The summed E-state index contributed by atoms with van der Waals surface area (Å²) in [6.07, 6.45) is 7.96. The molecule has 0 radical (unpaired) electrons. The van der Waals surface area contributed by atoms with Gasteiger partial charge in [0.05, 0.1) is 0 Å². The first-order chi connectivity index (χ1) is 11.3. The van der Waals surface area contributed by atoms with Crippen LogP contribution in [0.25, 0.3) is 0 Å². The number of ether oxygens (including phenoxy) is 1. The number of likely N-dealkylation sites (tertiary alicyclic amines) is 1. The van der Waals surface area contributed by atoms with Crippen LogP contribution >= 0.6 is 0 Å². The predicted molar refractivity (Wildman–Crippen MR) is 96.9 cm³/mol. The Morgan fingerprint density at radius 2 is 1.75 bits per heavy atom. The maximum Gasteiger partial charge on any atom is 0.410 e. The van der Waals surface area contributed by atoms with E-state index in [1.165, 1.54) is 38.6 Å². The first-order valence-electron chi connectivity index (χ1n) is 10.0. The lowest BCUT2D eigenvalue weighted by atomic mass is 9.90. The van der Waals surface area contributed by atoms with Crippen molar-refractivity contribution in [2.45, 2.75) is 77.9 Å². The van der Waals surface area contributed by atoms with Gasteiger partial charge in [0.25, 0.3) is 0 Å². The zero-order valence-corrected chi connectivity index (χ0v) is 16.0. The van der Waals surface area contributed by atoms with Crippen molar-refractivity contribution in [2.24, 2.45) is 23.7 Å². The van der Waals surface area contributed by atoms with E-state index >= 15 is 0 Å². The molecule has 1 amide bonds. The zero-order valence-electron chi connectivity index (χ0n) is 16.0. The van der Waals surface area contributed by atoms with Crippen LogP contribution in [0.5, 0.6) is 0 Å². The molecule has 0 aromatic rings. The van der Waals surface area contributed by atoms with Gasteiger partial charge in [0, 0.05) is 19.1 Å². The van der Waals surface area contributed by atoms with E-state index in [0.29, 0.717) is 12.0 Å². The third-order valence-corrected chi connectivity index (χ3v) is 5.95. The first-order valence-corrected chi connectivity index (χ1v) is 10.0. The van der Waals surface area contributed by atoms with Gasteiger partial charge in [0.15, 0.2) is 0 Å². The van der Waals surface area contributed by atoms with Crippen LogP contribution in [0.2, 0.25) is 0 Å². The van der Waals surface area contributed by atoms with E-state index in [1.54, 1.807) is 0 Å². The number of hydrogen-bond acceptors (Lipinski definition) is 3. The maximum absolute atomic E-state index is 12.3. The normalized spacial score (nSPS) is 26.5. The molecule has 2 saturated carbocycles. The summed E-state index contributed by atoms with van der Waals surface area (Å²) in [5, 5.41) is 3.82. The molecule has 4 nitrogen and oxygen atoms in total. The van der Waals surface area contributed by atoms with Crippen molar-refractivity contribution in [1.29, 1.82) is 0 Å². The number of piperidine rings is 1. The molecule has 0 spiro atoms. The van der Waals surface area contributed by atoms with E-state index in [9.17, 15) is 4.79 Å². The lowest BCUT2D eigenvalue weighted by molar-refractivity contribution is 0.0147. The highest BCUT2D eigenvalue weighted by molar-refractivity contribution is 5.68. The molecule has 2 aliphatic carbocycles. The minimum Gasteiger partial charge on any atom is -0.444 e. The van der Waals surface area contributed by atoms with E-state index < -0.39 is 5.60 Å².